The van der Waals surface area contributed by atoms with Gasteiger partial charge in [0.05, 0.1) is 31.6 Å². The van der Waals surface area contributed by atoms with Crippen LogP contribution in [0.5, 0.6) is 5.75 Å². The molecule has 0 aliphatic carbocycles. The highest BCUT2D eigenvalue weighted by Gasteiger charge is 2.19. The molecule has 1 aliphatic rings. The first-order valence-corrected chi connectivity index (χ1v) is 7.15. The molecule has 7 nitrogen and oxygen atoms in total. The van der Waals surface area contributed by atoms with E-state index in [4.69, 9.17) is 9.47 Å². The average Bonchev–Trinajstić information content (AvgIpc) is 2.55. The Hall–Kier alpha value is -2.12. The third-order valence-corrected chi connectivity index (χ3v) is 3.40. The zero-order valence-corrected chi connectivity index (χ0v) is 12.8. The number of hydrogen-bond donors (Lipinski definition) is 3. The predicted molar refractivity (Wildman–Crippen MR) is 82.2 cm³/mol. The van der Waals surface area contributed by atoms with E-state index >= 15 is 0 Å². The van der Waals surface area contributed by atoms with Crippen LogP contribution in [-0.2, 0) is 9.53 Å². The van der Waals surface area contributed by atoms with E-state index in [-0.39, 0.29) is 17.9 Å². The average molecular weight is 307 g/mol. The number of rotatable bonds is 5. The van der Waals surface area contributed by atoms with Gasteiger partial charge in [0.15, 0.2) is 0 Å². The maximum Gasteiger partial charge on any atom is 0.253 e. The lowest BCUT2D eigenvalue weighted by Crippen LogP contribution is -2.43. The molecule has 1 aromatic rings. The van der Waals surface area contributed by atoms with Crippen molar-refractivity contribution in [2.75, 3.05) is 39.2 Å². The van der Waals surface area contributed by atoms with Crippen LogP contribution in [0.2, 0.25) is 0 Å². The number of morpholine rings is 1. The van der Waals surface area contributed by atoms with Gasteiger partial charge in [-0.3, -0.25) is 9.59 Å². The Morgan fingerprint density at radius 3 is 2.91 bits per heavy atom. The smallest absolute Gasteiger partial charge is 0.253 e. The zero-order chi connectivity index (χ0) is 15.9. The molecular weight excluding hydrogens is 286 g/mol. The minimum atomic E-state index is -0.284. The van der Waals surface area contributed by atoms with Crippen molar-refractivity contribution in [2.45, 2.75) is 12.5 Å². The second-order valence-electron chi connectivity index (χ2n) is 4.97. The molecule has 0 aromatic heterocycles. The Kier molecular flexibility index (Phi) is 5.74. The van der Waals surface area contributed by atoms with Crippen molar-refractivity contribution < 1.29 is 19.1 Å². The highest BCUT2D eigenvalue weighted by atomic mass is 16.5. The standard InChI is InChI=1S/C15H21N3O4/c1-16-15(20)12-8-11(21-2)3-4-13(12)18-14(19)7-10-9-22-6-5-17-10/h3-4,8,10,17H,5-7,9H2,1-2H3,(H,16,20)(H,18,19). The Bertz CT molecular complexity index is 542. The van der Waals surface area contributed by atoms with Gasteiger partial charge in [0.2, 0.25) is 5.91 Å². The fourth-order valence-electron chi connectivity index (χ4n) is 2.26. The molecule has 1 unspecified atom stereocenters. The minimum absolute atomic E-state index is 0.00421. The van der Waals surface area contributed by atoms with E-state index < -0.39 is 0 Å². The maximum absolute atomic E-state index is 12.1. The molecule has 0 spiro atoms. The van der Waals surface area contributed by atoms with Crippen LogP contribution in [0.15, 0.2) is 18.2 Å². The van der Waals surface area contributed by atoms with Crippen LogP contribution in [0, 0.1) is 0 Å². The lowest BCUT2D eigenvalue weighted by molar-refractivity contribution is -0.117. The van der Waals surface area contributed by atoms with Gasteiger partial charge in [-0.15, -0.1) is 0 Å². The third kappa shape index (κ3) is 4.19. The normalized spacial score (nSPS) is 17.6. The molecule has 1 aliphatic heterocycles. The summed E-state index contributed by atoms with van der Waals surface area (Å²) in [6.45, 7) is 1.92. The molecular formula is C15H21N3O4. The first-order chi connectivity index (χ1) is 10.6. The summed E-state index contributed by atoms with van der Waals surface area (Å²) in [5, 5.41) is 8.54. The molecule has 0 radical (unpaired) electrons. The van der Waals surface area contributed by atoms with Crippen molar-refractivity contribution in [3.63, 3.8) is 0 Å². The van der Waals surface area contributed by atoms with Gasteiger partial charge >= 0.3 is 0 Å². The van der Waals surface area contributed by atoms with Gasteiger partial charge in [0.25, 0.3) is 5.91 Å². The Morgan fingerprint density at radius 2 is 2.27 bits per heavy atom. The minimum Gasteiger partial charge on any atom is -0.497 e. The van der Waals surface area contributed by atoms with Crippen molar-refractivity contribution in [1.82, 2.24) is 10.6 Å². The van der Waals surface area contributed by atoms with Crippen LogP contribution < -0.4 is 20.7 Å². The van der Waals surface area contributed by atoms with Gasteiger partial charge in [0.1, 0.15) is 5.75 Å². The second-order valence-corrected chi connectivity index (χ2v) is 4.97. The number of methoxy groups -OCH3 is 1. The maximum atomic E-state index is 12.1. The topological polar surface area (TPSA) is 88.7 Å². The number of carbonyl (C=O) groups excluding carboxylic acids is 2. The monoisotopic (exact) mass is 307 g/mol. The van der Waals surface area contributed by atoms with E-state index in [0.29, 0.717) is 36.6 Å². The van der Waals surface area contributed by atoms with E-state index in [1.807, 2.05) is 0 Å². The van der Waals surface area contributed by atoms with E-state index in [9.17, 15) is 9.59 Å². The van der Waals surface area contributed by atoms with E-state index in [1.54, 1.807) is 18.2 Å². The number of hydrogen-bond acceptors (Lipinski definition) is 5. The van der Waals surface area contributed by atoms with Crippen molar-refractivity contribution in [3.8, 4) is 5.75 Å². The molecule has 3 N–H and O–H groups in total. The highest BCUT2D eigenvalue weighted by molar-refractivity contribution is 6.04. The molecule has 1 heterocycles. The molecule has 1 aromatic carbocycles. The Morgan fingerprint density at radius 1 is 1.45 bits per heavy atom. The largest absolute Gasteiger partial charge is 0.497 e. The predicted octanol–water partition coefficient (Wildman–Crippen LogP) is 0.372. The number of benzene rings is 1. The number of nitrogens with one attached hydrogen (secondary N) is 3. The molecule has 2 amide bonds. The number of ether oxygens (including phenoxy) is 2. The zero-order valence-electron chi connectivity index (χ0n) is 12.8. The van der Waals surface area contributed by atoms with Crippen LogP contribution in [0.25, 0.3) is 0 Å². The molecule has 1 fully saturated rings. The molecule has 0 saturated carbocycles. The van der Waals surface area contributed by atoms with Crippen molar-refractivity contribution in [1.29, 1.82) is 0 Å². The van der Waals surface area contributed by atoms with Gasteiger partial charge in [-0.25, -0.2) is 0 Å². The second kappa shape index (κ2) is 7.77. The summed E-state index contributed by atoms with van der Waals surface area (Å²) in [5.41, 5.74) is 0.824. The lowest BCUT2D eigenvalue weighted by Gasteiger charge is -2.23. The Balaban J connectivity index is 2.07. The lowest BCUT2D eigenvalue weighted by atomic mass is 10.1. The molecule has 7 heteroatoms. The summed E-state index contributed by atoms with van der Waals surface area (Å²) >= 11 is 0. The first kappa shape index (κ1) is 16.3. The molecule has 0 bridgehead atoms. The summed E-state index contributed by atoms with van der Waals surface area (Å²) in [5.74, 6) is 0.102. The fourth-order valence-corrected chi connectivity index (χ4v) is 2.26. The van der Waals surface area contributed by atoms with E-state index in [0.717, 1.165) is 6.54 Å². The number of anilines is 1. The Labute approximate surface area is 129 Å². The van der Waals surface area contributed by atoms with Gasteiger partial charge in [-0.2, -0.15) is 0 Å². The van der Waals surface area contributed by atoms with Crippen molar-refractivity contribution in [2.24, 2.45) is 0 Å². The molecule has 1 saturated heterocycles. The van der Waals surface area contributed by atoms with Crippen LogP contribution in [-0.4, -0.2) is 51.8 Å². The van der Waals surface area contributed by atoms with Crippen LogP contribution in [0.3, 0.4) is 0 Å². The van der Waals surface area contributed by atoms with Crippen molar-refractivity contribution >= 4 is 17.5 Å². The SMILES string of the molecule is CNC(=O)c1cc(OC)ccc1NC(=O)CC1COCCN1. The summed E-state index contributed by atoms with van der Waals surface area (Å²) in [7, 11) is 3.06. The third-order valence-electron chi connectivity index (χ3n) is 3.40. The van der Waals surface area contributed by atoms with Gasteiger partial charge < -0.3 is 25.4 Å². The van der Waals surface area contributed by atoms with Crippen molar-refractivity contribution in [3.05, 3.63) is 23.8 Å². The molecule has 22 heavy (non-hydrogen) atoms. The van der Waals surface area contributed by atoms with Crippen LogP contribution >= 0.6 is 0 Å². The van der Waals surface area contributed by atoms with Crippen LogP contribution in [0.1, 0.15) is 16.8 Å². The first-order valence-electron chi connectivity index (χ1n) is 7.15. The fraction of sp³-hybridized carbons (Fsp3) is 0.467. The molecule has 2 rings (SSSR count). The molecule has 1 atom stereocenters. The van der Waals surface area contributed by atoms with E-state index in [1.165, 1.54) is 14.2 Å². The van der Waals surface area contributed by atoms with Gasteiger partial charge in [-0.1, -0.05) is 0 Å². The summed E-state index contributed by atoms with van der Waals surface area (Å²) in [6.07, 6.45) is 0.291. The number of amides is 2. The summed E-state index contributed by atoms with van der Waals surface area (Å²) < 4.78 is 10.4. The van der Waals surface area contributed by atoms with Gasteiger partial charge in [-0.05, 0) is 18.2 Å². The summed E-state index contributed by atoms with van der Waals surface area (Å²) in [4.78, 5) is 24.1. The van der Waals surface area contributed by atoms with E-state index in [2.05, 4.69) is 16.0 Å². The number of carbonyl (C=O) groups is 2. The quantitative estimate of drug-likeness (QED) is 0.731. The summed E-state index contributed by atoms with van der Waals surface area (Å²) in [6, 6.07) is 4.95. The van der Waals surface area contributed by atoms with Crippen LogP contribution in [0.4, 0.5) is 5.69 Å². The van der Waals surface area contributed by atoms with Gasteiger partial charge in [0, 0.05) is 26.1 Å². The molecule has 120 valence electrons. The highest BCUT2D eigenvalue weighted by Crippen LogP contribution is 2.22.